The number of anilines is 2. The number of halogens is 1. The first-order valence-electron chi connectivity index (χ1n) is 12.2. The summed E-state index contributed by atoms with van der Waals surface area (Å²) in [6.07, 6.45) is 0.531. The Balaban J connectivity index is 1.08. The molecule has 1 fully saturated rings. The van der Waals surface area contributed by atoms with E-state index >= 15 is 0 Å². The molecule has 1 atom stereocenters. The third-order valence-electron chi connectivity index (χ3n) is 7.32. The van der Waals surface area contributed by atoms with Gasteiger partial charge in [0.1, 0.15) is 12.7 Å². The van der Waals surface area contributed by atoms with Gasteiger partial charge in [-0.3, -0.25) is 14.6 Å². The highest BCUT2D eigenvalue weighted by molar-refractivity contribution is 6.30. The maximum Gasteiger partial charge on any atom is 0.414 e. The molecule has 2 amide bonds. The fourth-order valence-electron chi connectivity index (χ4n) is 5.55. The molecule has 0 bridgehead atoms. The van der Waals surface area contributed by atoms with Crippen LogP contribution in [-0.4, -0.2) is 47.7 Å². The maximum absolute atomic E-state index is 12.8. The molecule has 2 aliphatic heterocycles. The van der Waals surface area contributed by atoms with Crippen molar-refractivity contribution in [3.8, 4) is 11.1 Å². The molecule has 36 heavy (non-hydrogen) atoms. The smallest absolute Gasteiger partial charge is 0.414 e. The Bertz CT molecular complexity index is 1350. The van der Waals surface area contributed by atoms with E-state index in [1.54, 1.807) is 11.0 Å². The van der Waals surface area contributed by atoms with Crippen molar-refractivity contribution >= 4 is 35.0 Å². The first kappa shape index (κ1) is 23.0. The minimum atomic E-state index is -0.636. The average molecular weight is 504 g/mol. The summed E-state index contributed by atoms with van der Waals surface area (Å²) in [5.74, 6) is -0.0856. The van der Waals surface area contributed by atoms with Crippen LogP contribution in [0.3, 0.4) is 0 Å². The van der Waals surface area contributed by atoms with Crippen molar-refractivity contribution in [1.82, 2.24) is 4.90 Å². The second-order valence-corrected chi connectivity index (χ2v) is 9.98. The van der Waals surface area contributed by atoms with Crippen LogP contribution in [-0.2, 0) is 16.1 Å². The number of nitrogens with one attached hydrogen (secondary N) is 1. The maximum atomic E-state index is 12.8. The van der Waals surface area contributed by atoms with Crippen LogP contribution in [0.5, 0.6) is 0 Å². The number of ether oxygens (including phenoxy) is 1. The molecule has 184 valence electrons. The first-order valence-corrected chi connectivity index (χ1v) is 12.5. The van der Waals surface area contributed by atoms with E-state index in [0.717, 1.165) is 46.3 Å². The van der Waals surface area contributed by atoms with Gasteiger partial charge in [0.25, 0.3) is 0 Å². The zero-order valence-electron chi connectivity index (χ0n) is 19.6. The van der Waals surface area contributed by atoms with Crippen LogP contribution in [0, 0.1) is 0 Å². The number of aliphatic hydroxyl groups excluding tert-OH is 1. The quantitative estimate of drug-likeness (QED) is 0.526. The van der Waals surface area contributed by atoms with Crippen LogP contribution in [0.15, 0.2) is 60.7 Å². The number of carbonyl (C=O) groups excluding carboxylic acids is 2. The largest absolute Gasteiger partial charge is 0.444 e. The molecule has 6 rings (SSSR count). The van der Waals surface area contributed by atoms with Gasteiger partial charge in [0.2, 0.25) is 5.91 Å². The van der Waals surface area contributed by atoms with E-state index in [0.29, 0.717) is 23.8 Å². The number of hydrogen-bond acceptors (Lipinski definition) is 5. The molecular formula is C28H26ClN3O4. The molecule has 3 aromatic carbocycles. The van der Waals surface area contributed by atoms with Gasteiger partial charge in [-0.15, -0.1) is 0 Å². The van der Waals surface area contributed by atoms with Crippen LogP contribution in [0.1, 0.15) is 35.6 Å². The lowest BCUT2D eigenvalue weighted by Crippen LogP contribution is -2.50. The average Bonchev–Trinajstić information content (AvgIpc) is 3.16. The van der Waals surface area contributed by atoms with Crippen molar-refractivity contribution in [2.75, 3.05) is 29.9 Å². The summed E-state index contributed by atoms with van der Waals surface area (Å²) in [5, 5.41) is 14.2. The van der Waals surface area contributed by atoms with Gasteiger partial charge in [-0.1, -0.05) is 41.9 Å². The van der Waals surface area contributed by atoms with E-state index in [4.69, 9.17) is 16.3 Å². The monoisotopic (exact) mass is 503 g/mol. The number of piperidine rings is 1. The van der Waals surface area contributed by atoms with Gasteiger partial charge < -0.3 is 15.2 Å². The molecule has 0 saturated carbocycles. The number of likely N-dealkylation sites (tertiary alicyclic amines) is 1. The number of carbonyl (C=O) groups is 2. The van der Waals surface area contributed by atoms with Gasteiger partial charge in [0.15, 0.2) is 0 Å². The number of hydrogen-bond donors (Lipinski definition) is 2. The molecule has 0 radical (unpaired) electrons. The summed E-state index contributed by atoms with van der Waals surface area (Å²) in [4.78, 5) is 29.2. The first-order chi connectivity index (χ1) is 17.5. The van der Waals surface area contributed by atoms with E-state index in [2.05, 4.69) is 10.2 Å². The molecule has 2 heterocycles. The molecule has 0 spiro atoms. The highest BCUT2D eigenvalue weighted by Gasteiger charge is 2.34. The lowest BCUT2D eigenvalue weighted by molar-refractivity contribution is -0.117. The SMILES string of the molecule is O=C(CN1CCC(N2C(=O)OCc3cc(Cl)ccc32)CC1)Nc1ccc2c(c1)-c1ccccc1C2O. The fourth-order valence-corrected chi connectivity index (χ4v) is 5.75. The highest BCUT2D eigenvalue weighted by Crippen LogP contribution is 2.44. The lowest BCUT2D eigenvalue weighted by Gasteiger charge is -2.40. The van der Waals surface area contributed by atoms with Crippen molar-refractivity contribution in [2.45, 2.75) is 31.6 Å². The molecule has 7 nitrogen and oxygen atoms in total. The zero-order chi connectivity index (χ0) is 24.8. The van der Waals surface area contributed by atoms with E-state index in [9.17, 15) is 14.7 Å². The van der Waals surface area contributed by atoms with Crippen LogP contribution in [0.25, 0.3) is 11.1 Å². The van der Waals surface area contributed by atoms with Crippen molar-refractivity contribution < 1.29 is 19.4 Å². The molecule has 1 unspecified atom stereocenters. The van der Waals surface area contributed by atoms with E-state index in [1.165, 1.54) is 0 Å². The summed E-state index contributed by atoms with van der Waals surface area (Å²) in [6.45, 7) is 1.92. The molecule has 1 saturated heterocycles. The number of aliphatic hydroxyl groups is 1. The number of nitrogens with zero attached hydrogens (tertiary/aromatic N) is 2. The van der Waals surface area contributed by atoms with Crippen LogP contribution in [0.2, 0.25) is 5.02 Å². The van der Waals surface area contributed by atoms with E-state index in [1.807, 2.05) is 54.6 Å². The molecule has 2 N–H and O–H groups in total. The van der Waals surface area contributed by atoms with Gasteiger partial charge in [-0.2, -0.15) is 0 Å². The summed E-state index contributed by atoms with van der Waals surface area (Å²) in [6, 6.07) is 19.0. The number of cyclic esters (lactones) is 1. The predicted molar refractivity (Wildman–Crippen MR) is 138 cm³/mol. The van der Waals surface area contributed by atoms with E-state index < -0.39 is 6.10 Å². The summed E-state index contributed by atoms with van der Waals surface area (Å²) >= 11 is 6.11. The van der Waals surface area contributed by atoms with Crippen molar-refractivity contribution in [2.24, 2.45) is 0 Å². The second kappa shape index (κ2) is 9.24. The zero-order valence-corrected chi connectivity index (χ0v) is 20.4. The van der Waals surface area contributed by atoms with Crippen LogP contribution in [0.4, 0.5) is 16.2 Å². The van der Waals surface area contributed by atoms with Gasteiger partial charge in [0, 0.05) is 35.4 Å². The third kappa shape index (κ3) is 4.13. The third-order valence-corrected chi connectivity index (χ3v) is 7.55. The minimum Gasteiger partial charge on any atom is -0.444 e. The normalized spacial score (nSPS) is 19.3. The standard InChI is InChI=1S/C28H26ClN3O4/c29-18-5-8-25-17(13-18)16-36-28(35)32(25)20-9-11-31(12-10-20)15-26(33)30-19-6-7-23-24(14-19)21-3-1-2-4-22(21)27(23)34/h1-8,13-14,20,27,34H,9-12,15-16H2,(H,30,33). The molecule has 0 aromatic heterocycles. The number of benzene rings is 3. The summed E-state index contributed by atoms with van der Waals surface area (Å²) < 4.78 is 5.38. The summed E-state index contributed by atoms with van der Waals surface area (Å²) in [7, 11) is 0. The van der Waals surface area contributed by atoms with Crippen molar-refractivity contribution in [3.63, 3.8) is 0 Å². The second-order valence-electron chi connectivity index (χ2n) is 9.54. The molecule has 3 aliphatic rings. The van der Waals surface area contributed by atoms with Gasteiger partial charge in [0.05, 0.1) is 12.2 Å². The van der Waals surface area contributed by atoms with Gasteiger partial charge in [-0.05, 0) is 65.4 Å². The number of rotatable bonds is 4. The molecule has 3 aromatic rings. The van der Waals surface area contributed by atoms with Gasteiger partial charge >= 0.3 is 6.09 Å². The van der Waals surface area contributed by atoms with Crippen molar-refractivity contribution in [3.05, 3.63) is 82.4 Å². The number of amides is 2. The molecular weight excluding hydrogens is 478 g/mol. The molecule has 8 heteroatoms. The Labute approximate surface area is 214 Å². The van der Waals surface area contributed by atoms with Gasteiger partial charge in [-0.25, -0.2) is 4.79 Å². The van der Waals surface area contributed by atoms with Crippen LogP contribution >= 0.6 is 11.6 Å². The van der Waals surface area contributed by atoms with E-state index in [-0.39, 0.29) is 31.2 Å². The predicted octanol–water partition coefficient (Wildman–Crippen LogP) is 4.96. The Morgan fingerprint density at radius 2 is 1.81 bits per heavy atom. The lowest BCUT2D eigenvalue weighted by atomic mass is 10.0. The van der Waals surface area contributed by atoms with Crippen LogP contribution < -0.4 is 10.2 Å². The highest BCUT2D eigenvalue weighted by atomic mass is 35.5. The minimum absolute atomic E-state index is 0.0141. The Morgan fingerprint density at radius 3 is 2.64 bits per heavy atom. The van der Waals surface area contributed by atoms with Crippen molar-refractivity contribution in [1.29, 1.82) is 0 Å². The molecule has 1 aliphatic carbocycles. The fraction of sp³-hybridized carbons (Fsp3) is 0.286. The summed E-state index contributed by atoms with van der Waals surface area (Å²) in [5.41, 5.74) is 6.18. The topological polar surface area (TPSA) is 82.1 Å². The Hall–Kier alpha value is -3.39. The Kier molecular flexibility index (Phi) is 5.91. The Morgan fingerprint density at radius 1 is 1.03 bits per heavy atom. The number of fused-ring (bicyclic) bond motifs is 4.